The molecule has 0 aliphatic heterocycles. The number of halogens is 1. The molecule has 1 atom stereocenters. The van der Waals surface area contributed by atoms with E-state index in [0.29, 0.717) is 17.6 Å². The Morgan fingerprint density at radius 2 is 1.67 bits per heavy atom. The molecule has 27 heavy (non-hydrogen) atoms. The Morgan fingerprint density at radius 1 is 1.04 bits per heavy atom. The zero-order valence-corrected chi connectivity index (χ0v) is 18.3. The average Bonchev–Trinajstić information content (AvgIpc) is 2.52. The second-order valence-corrected chi connectivity index (χ2v) is 8.98. The number of ether oxygens (including phenoxy) is 1. The molecule has 0 saturated carbocycles. The van der Waals surface area contributed by atoms with E-state index in [1.807, 2.05) is 12.1 Å². The maximum Gasteiger partial charge on any atom is 0.137 e. The summed E-state index contributed by atoms with van der Waals surface area (Å²) in [4.78, 5) is 0. The van der Waals surface area contributed by atoms with Gasteiger partial charge in [-0.3, -0.25) is 0 Å². The van der Waals surface area contributed by atoms with Crippen LogP contribution in [0.2, 0.25) is 0 Å². The predicted molar refractivity (Wildman–Crippen MR) is 109 cm³/mol. The number of hydrogen-bond donors (Lipinski definition) is 1. The van der Waals surface area contributed by atoms with Crippen LogP contribution in [0.4, 0.5) is 0 Å². The number of aryl methyl sites for hydroxylation is 1. The SMILES string of the molecule is Cc1ccc(OCC(O)C[N+](C)(C)Cc2ccccc2)c(C(C)(C)C)c1.[Cl-]. The highest BCUT2D eigenvalue weighted by atomic mass is 35.5. The molecule has 0 bridgehead atoms. The highest BCUT2D eigenvalue weighted by molar-refractivity contribution is 5.41. The van der Waals surface area contributed by atoms with Gasteiger partial charge in [-0.2, -0.15) is 0 Å². The summed E-state index contributed by atoms with van der Waals surface area (Å²) in [5, 5.41) is 10.5. The van der Waals surface area contributed by atoms with Crippen LogP contribution in [0.5, 0.6) is 5.75 Å². The first-order valence-corrected chi connectivity index (χ1v) is 9.35. The normalized spacial score (nSPS) is 13.0. The van der Waals surface area contributed by atoms with E-state index < -0.39 is 6.10 Å². The maximum absolute atomic E-state index is 10.5. The molecule has 4 heteroatoms. The molecule has 0 heterocycles. The second kappa shape index (κ2) is 9.59. The topological polar surface area (TPSA) is 29.5 Å². The van der Waals surface area contributed by atoms with Crippen molar-refractivity contribution >= 4 is 0 Å². The fraction of sp³-hybridized carbons (Fsp3) is 0.478. The molecule has 0 saturated heterocycles. The Labute approximate surface area is 171 Å². The van der Waals surface area contributed by atoms with Gasteiger partial charge in [0.15, 0.2) is 0 Å². The third kappa shape index (κ3) is 7.53. The molecule has 2 rings (SSSR count). The Hall–Kier alpha value is -1.55. The van der Waals surface area contributed by atoms with E-state index in [4.69, 9.17) is 4.74 Å². The number of rotatable bonds is 7. The molecule has 0 aliphatic carbocycles. The number of quaternary nitrogens is 1. The number of nitrogens with zero attached hydrogens (tertiary/aromatic N) is 1. The summed E-state index contributed by atoms with van der Waals surface area (Å²) < 4.78 is 6.73. The number of hydrogen-bond acceptors (Lipinski definition) is 2. The van der Waals surface area contributed by atoms with Crippen LogP contribution in [0.3, 0.4) is 0 Å². The Morgan fingerprint density at radius 3 is 2.26 bits per heavy atom. The molecule has 0 spiro atoms. The minimum Gasteiger partial charge on any atom is -1.00 e. The van der Waals surface area contributed by atoms with Crippen molar-refractivity contribution in [3.63, 3.8) is 0 Å². The lowest BCUT2D eigenvalue weighted by atomic mass is 9.85. The van der Waals surface area contributed by atoms with Crippen LogP contribution in [0.25, 0.3) is 0 Å². The first kappa shape index (κ1) is 23.5. The molecule has 0 aromatic heterocycles. The second-order valence-electron chi connectivity index (χ2n) is 8.98. The van der Waals surface area contributed by atoms with Gasteiger partial charge in [0.05, 0.1) is 14.1 Å². The third-order valence-corrected chi connectivity index (χ3v) is 4.53. The molecule has 150 valence electrons. The highest BCUT2D eigenvalue weighted by Gasteiger charge is 2.23. The fourth-order valence-electron chi connectivity index (χ4n) is 3.31. The van der Waals surface area contributed by atoms with Gasteiger partial charge in [-0.1, -0.05) is 68.8 Å². The van der Waals surface area contributed by atoms with Crippen molar-refractivity contribution in [2.24, 2.45) is 0 Å². The standard InChI is InChI=1S/C23H34NO2.ClH/c1-18-12-13-22(21(14-18)23(2,3)4)26-17-20(25)16-24(5,6)15-19-10-8-7-9-11-19;/h7-14,20,25H,15-17H2,1-6H3;1H/q+1;/p-1. The smallest absolute Gasteiger partial charge is 0.137 e. The quantitative estimate of drug-likeness (QED) is 0.721. The summed E-state index contributed by atoms with van der Waals surface area (Å²) in [6.45, 7) is 10.5. The van der Waals surface area contributed by atoms with Crippen LogP contribution < -0.4 is 17.1 Å². The molecule has 3 nitrogen and oxygen atoms in total. The number of benzene rings is 2. The zero-order valence-electron chi connectivity index (χ0n) is 17.5. The summed E-state index contributed by atoms with van der Waals surface area (Å²) in [5.74, 6) is 0.871. The van der Waals surface area contributed by atoms with Crippen molar-refractivity contribution in [2.75, 3.05) is 27.2 Å². The van der Waals surface area contributed by atoms with Gasteiger partial charge < -0.3 is 26.7 Å². The average molecular weight is 392 g/mol. The first-order valence-electron chi connectivity index (χ1n) is 9.35. The lowest BCUT2D eigenvalue weighted by Crippen LogP contribution is -3.00. The Bertz CT molecular complexity index is 708. The monoisotopic (exact) mass is 391 g/mol. The van der Waals surface area contributed by atoms with Crippen molar-refractivity contribution in [2.45, 2.75) is 45.8 Å². The Balaban J connectivity index is 0.00000364. The minimum atomic E-state index is -0.511. The van der Waals surface area contributed by atoms with Crippen LogP contribution in [-0.2, 0) is 12.0 Å². The van der Waals surface area contributed by atoms with Crippen molar-refractivity contribution < 1.29 is 26.7 Å². The molecule has 2 aromatic carbocycles. The largest absolute Gasteiger partial charge is 1.00 e. The van der Waals surface area contributed by atoms with Crippen molar-refractivity contribution in [1.29, 1.82) is 0 Å². The lowest BCUT2D eigenvalue weighted by molar-refractivity contribution is -0.906. The molecule has 0 amide bonds. The number of aliphatic hydroxyl groups excluding tert-OH is 1. The summed E-state index contributed by atoms with van der Waals surface area (Å²) in [7, 11) is 4.28. The summed E-state index contributed by atoms with van der Waals surface area (Å²) in [6.07, 6.45) is -0.511. The molecule has 1 N–H and O–H groups in total. The Kier molecular flexibility index (Phi) is 8.34. The van der Waals surface area contributed by atoms with Gasteiger partial charge in [-0.05, 0) is 24.0 Å². The van der Waals surface area contributed by atoms with Crippen LogP contribution in [0.15, 0.2) is 48.5 Å². The van der Waals surface area contributed by atoms with Gasteiger partial charge >= 0.3 is 0 Å². The molecule has 0 aliphatic rings. The molecule has 2 aromatic rings. The maximum atomic E-state index is 10.5. The number of likely N-dealkylation sites (N-methyl/N-ethyl adjacent to an activating group) is 1. The zero-order chi connectivity index (χ0) is 19.4. The summed E-state index contributed by atoms with van der Waals surface area (Å²) in [5.41, 5.74) is 3.69. The molecule has 1 unspecified atom stereocenters. The van der Waals surface area contributed by atoms with Crippen LogP contribution in [-0.4, -0.2) is 42.9 Å². The van der Waals surface area contributed by atoms with E-state index in [2.05, 4.69) is 78.2 Å². The molecular formula is C23H34ClNO2. The molecule has 0 radical (unpaired) electrons. The van der Waals surface area contributed by atoms with E-state index in [1.165, 1.54) is 16.7 Å². The fourth-order valence-corrected chi connectivity index (χ4v) is 3.31. The van der Waals surface area contributed by atoms with Crippen molar-refractivity contribution in [3.8, 4) is 5.75 Å². The lowest BCUT2D eigenvalue weighted by Gasteiger charge is -2.32. The van der Waals surface area contributed by atoms with Gasteiger partial charge in [-0.25, -0.2) is 0 Å². The van der Waals surface area contributed by atoms with Gasteiger partial charge in [0.1, 0.15) is 31.5 Å². The van der Waals surface area contributed by atoms with E-state index in [-0.39, 0.29) is 17.8 Å². The first-order chi connectivity index (χ1) is 12.1. The van der Waals surface area contributed by atoms with Gasteiger partial charge in [-0.15, -0.1) is 0 Å². The van der Waals surface area contributed by atoms with Crippen LogP contribution >= 0.6 is 0 Å². The highest BCUT2D eigenvalue weighted by Crippen LogP contribution is 2.32. The third-order valence-electron chi connectivity index (χ3n) is 4.53. The predicted octanol–water partition coefficient (Wildman–Crippen LogP) is 1.31. The summed E-state index contributed by atoms with van der Waals surface area (Å²) >= 11 is 0. The molecule has 0 fully saturated rings. The minimum absolute atomic E-state index is 0. The van der Waals surface area contributed by atoms with Crippen molar-refractivity contribution in [1.82, 2.24) is 0 Å². The van der Waals surface area contributed by atoms with E-state index in [9.17, 15) is 5.11 Å². The van der Waals surface area contributed by atoms with Crippen LogP contribution in [0, 0.1) is 6.92 Å². The van der Waals surface area contributed by atoms with Gasteiger partial charge in [0.2, 0.25) is 0 Å². The van der Waals surface area contributed by atoms with E-state index >= 15 is 0 Å². The number of aliphatic hydroxyl groups is 1. The van der Waals surface area contributed by atoms with Gasteiger partial charge in [0, 0.05) is 5.56 Å². The van der Waals surface area contributed by atoms with Crippen LogP contribution in [0.1, 0.15) is 37.5 Å². The van der Waals surface area contributed by atoms with Crippen molar-refractivity contribution in [3.05, 3.63) is 65.2 Å². The van der Waals surface area contributed by atoms with E-state index in [0.717, 1.165) is 12.3 Å². The van der Waals surface area contributed by atoms with E-state index in [1.54, 1.807) is 0 Å². The van der Waals surface area contributed by atoms with Gasteiger partial charge in [0.25, 0.3) is 0 Å². The summed E-state index contributed by atoms with van der Waals surface area (Å²) in [6, 6.07) is 16.7. The molecular weight excluding hydrogens is 358 g/mol.